The van der Waals surface area contributed by atoms with Crippen LogP contribution in [0, 0.1) is 16.7 Å². The minimum atomic E-state index is -0.0996. The number of isocyanates is 1. The second kappa shape index (κ2) is 8.34. The molecule has 1 aliphatic carbocycles. The van der Waals surface area contributed by atoms with Crippen molar-refractivity contribution in [2.75, 3.05) is 19.6 Å². The molecule has 2 atom stereocenters. The largest absolute Gasteiger partial charge is 0.335 e. The number of Topliss-reactive ketones (excluding diaryl/α,β-unsaturated/α-hetero) is 1. The van der Waals surface area contributed by atoms with E-state index >= 15 is 0 Å². The zero-order valence-corrected chi connectivity index (χ0v) is 16.6. The van der Waals surface area contributed by atoms with Gasteiger partial charge in [0.05, 0.1) is 6.54 Å². The zero-order chi connectivity index (χ0) is 19.4. The van der Waals surface area contributed by atoms with Gasteiger partial charge in [0.15, 0.2) is 0 Å². The number of hydrogen-bond donors (Lipinski definition) is 1. The van der Waals surface area contributed by atoms with Crippen LogP contribution in [0.4, 0.5) is 4.79 Å². The Labute approximate surface area is 156 Å². The highest BCUT2D eigenvalue weighted by Crippen LogP contribution is 2.46. The number of aliphatic imine (C=N–C) groups is 1. The Morgan fingerprint density at radius 3 is 2.42 bits per heavy atom. The zero-order valence-electron chi connectivity index (χ0n) is 16.6. The quantitative estimate of drug-likeness (QED) is 0.601. The highest BCUT2D eigenvalue weighted by atomic mass is 16.2. The fourth-order valence-electron chi connectivity index (χ4n) is 5.04. The van der Waals surface area contributed by atoms with Gasteiger partial charge >= 0.3 is 6.03 Å². The second-order valence-electron chi connectivity index (χ2n) is 9.20. The molecule has 1 N–H and O–H groups in total. The summed E-state index contributed by atoms with van der Waals surface area (Å²) in [5.41, 5.74) is -0.0124. The van der Waals surface area contributed by atoms with Gasteiger partial charge in [-0.15, -0.1) is 0 Å². The summed E-state index contributed by atoms with van der Waals surface area (Å²) in [5, 5.41) is 3.20. The lowest BCUT2D eigenvalue weighted by molar-refractivity contribution is -0.123. The Morgan fingerprint density at radius 1 is 1.19 bits per heavy atom. The van der Waals surface area contributed by atoms with E-state index in [1.807, 2.05) is 11.8 Å². The Morgan fingerprint density at radius 2 is 1.85 bits per heavy atom. The van der Waals surface area contributed by atoms with Crippen molar-refractivity contribution in [3.63, 3.8) is 0 Å². The first-order valence-electron chi connectivity index (χ1n) is 9.80. The normalized spacial score (nSPS) is 28.9. The maximum absolute atomic E-state index is 12.7. The SMILES string of the molecule is CCC(=O)C1CCN(C(=O)NC2CC(C)(C)CC(C)(CN=C=O)C2)CC1. The molecule has 2 rings (SSSR count). The summed E-state index contributed by atoms with van der Waals surface area (Å²) in [7, 11) is 0. The van der Waals surface area contributed by atoms with Crippen LogP contribution in [-0.4, -0.2) is 48.5 Å². The van der Waals surface area contributed by atoms with Crippen molar-refractivity contribution in [1.29, 1.82) is 0 Å². The predicted molar refractivity (Wildman–Crippen MR) is 101 cm³/mol. The third-order valence-corrected chi connectivity index (χ3v) is 5.88. The summed E-state index contributed by atoms with van der Waals surface area (Å²) < 4.78 is 0. The van der Waals surface area contributed by atoms with Crippen LogP contribution < -0.4 is 5.32 Å². The standard InChI is InChI=1S/C20H33N3O3/c1-5-17(25)15-6-8-23(9-7-15)18(26)22-16-10-19(2,3)12-20(4,11-16)13-21-14-24/h15-16H,5-13H2,1-4H3,(H,22,26). The number of hydrogen-bond acceptors (Lipinski definition) is 4. The number of amides is 2. The van der Waals surface area contributed by atoms with Crippen LogP contribution in [0.2, 0.25) is 0 Å². The minimum absolute atomic E-state index is 0.0312. The molecule has 0 aromatic carbocycles. The van der Waals surface area contributed by atoms with Crippen LogP contribution in [0.25, 0.3) is 0 Å². The maximum atomic E-state index is 12.7. The van der Waals surface area contributed by atoms with Gasteiger partial charge in [0.1, 0.15) is 5.78 Å². The second-order valence-corrected chi connectivity index (χ2v) is 9.20. The van der Waals surface area contributed by atoms with Gasteiger partial charge in [-0.25, -0.2) is 14.6 Å². The van der Waals surface area contributed by atoms with Crippen LogP contribution in [0.5, 0.6) is 0 Å². The van der Waals surface area contributed by atoms with Gasteiger partial charge in [-0.3, -0.25) is 4.79 Å². The molecular formula is C20H33N3O3. The van der Waals surface area contributed by atoms with Crippen LogP contribution in [0.1, 0.15) is 66.2 Å². The lowest BCUT2D eigenvalue weighted by Gasteiger charge is -2.46. The molecule has 2 amide bonds. The first kappa shape index (κ1) is 20.6. The number of nitrogens with one attached hydrogen (secondary N) is 1. The fourth-order valence-corrected chi connectivity index (χ4v) is 5.04. The molecule has 0 aromatic rings. The molecule has 0 bridgehead atoms. The number of ketones is 1. The maximum Gasteiger partial charge on any atom is 0.317 e. The van der Waals surface area contributed by atoms with Crippen molar-refractivity contribution in [3.05, 3.63) is 0 Å². The number of nitrogens with zero attached hydrogens (tertiary/aromatic N) is 2. The summed E-state index contributed by atoms with van der Waals surface area (Å²) in [6.07, 6.45) is 6.47. The van der Waals surface area contributed by atoms with E-state index in [0.29, 0.717) is 31.8 Å². The van der Waals surface area contributed by atoms with E-state index in [0.717, 1.165) is 32.1 Å². The first-order valence-corrected chi connectivity index (χ1v) is 9.80. The molecule has 1 heterocycles. The number of carbonyl (C=O) groups is 2. The average molecular weight is 364 g/mol. The molecule has 1 saturated carbocycles. The smallest absolute Gasteiger partial charge is 0.317 e. The molecular weight excluding hydrogens is 330 g/mol. The van der Waals surface area contributed by atoms with Gasteiger partial charge in [0.25, 0.3) is 0 Å². The van der Waals surface area contributed by atoms with Crippen molar-refractivity contribution in [3.8, 4) is 0 Å². The van der Waals surface area contributed by atoms with Gasteiger partial charge in [-0.1, -0.05) is 27.7 Å². The van der Waals surface area contributed by atoms with Gasteiger partial charge < -0.3 is 10.2 Å². The Bertz CT molecular complexity index is 575. The summed E-state index contributed by atoms with van der Waals surface area (Å²) >= 11 is 0. The molecule has 0 spiro atoms. The Hall–Kier alpha value is -1.68. The monoisotopic (exact) mass is 363 g/mol. The number of carbonyl (C=O) groups excluding carboxylic acids is 3. The van der Waals surface area contributed by atoms with E-state index < -0.39 is 0 Å². The van der Waals surface area contributed by atoms with Gasteiger partial charge in [-0.05, 0) is 42.9 Å². The van der Waals surface area contributed by atoms with Gasteiger partial charge in [0, 0.05) is 31.5 Å². The molecule has 1 aliphatic heterocycles. The van der Waals surface area contributed by atoms with Crippen molar-refractivity contribution >= 4 is 17.9 Å². The van der Waals surface area contributed by atoms with Gasteiger partial charge in [-0.2, -0.15) is 0 Å². The molecule has 0 aromatic heterocycles. The molecule has 6 heteroatoms. The molecule has 1 saturated heterocycles. The number of rotatable bonds is 5. The van der Waals surface area contributed by atoms with E-state index in [1.54, 1.807) is 6.08 Å². The topological polar surface area (TPSA) is 78.8 Å². The molecule has 0 radical (unpaired) electrons. The van der Waals surface area contributed by atoms with Crippen LogP contribution in [0.15, 0.2) is 4.99 Å². The third kappa shape index (κ3) is 5.41. The first-order chi connectivity index (χ1) is 12.2. The van der Waals surface area contributed by atoms with Gasteiger partial charge in [0.2, 0.25) is 6.08 Å². The fraction of sp³-hybridized carbons (Fsp3) is 0.850. The molecule has 6 nitrogen and oxygen atoms in total. The Balaban J connectivity index is 1.93. The molecule has 2 unspecified atom stereocenters. The van der Waals surface area contributed by atoms with E-state index in [9.17, 15) is 14.4 Å². The number of piperidine rings is 1. The average Bonchev–Trinajstić information content (AvgIpc) is 2.57. The third-order valence-electron chi connectivity index (χ3n) is 5.88. The molecule has 2 fully saturated rings. The highest BCUT2D eigenvalue weighted by Gasteiger charge is 2.42. The molecule has 26 heavy (non-hydrogen) atoms. The highest BCUT2D eigenvalue weighted by molar-refractivity contribution is 5.81. The molecule has 2 aliphatic rings. The van der Waals surface area contributed by atoms with Crippen molar-refractivity contribution in [1.82, 2.24) is 10.2 Å². The van der Waals surface area contributed by atoms with Crippen molar-refractivity contribution < 1.29 is 14.4 Å². The van der Waals surface area contributed by atoms with Crippen molar-refractivity contribution in [2.24, 2.45) is 21.7 Å². The number of urea groups is 1. The van der Waals surface area contributed by atoms with Crippen LogP contribution >= 0.6 is 0 Å². The summed E-state index contributed by atoms with van der Waals surface area (Å²) in [4.78, 5) is 40.7. The van der Waals surface area contributed by atoms with E-state index in [2.05, 4.69) is 31.1 Å². The van der Waals surface area contributed by atoms with E-state index in [1.165, 1.54) is 0 Å². The summed E-state index contributed by atoms with van der Waals surface area (Å²) in [6.45, 7) is 10.2. The van der Waals surface area contributed by atoms with Crippen LogP contribution in [0.3, 0.4) is 0 Å². The number of likely N-dealkylation sites (tertiary alicyclic amines) is 1. The van der Waals surface area contributed by atoms with E-state index in [4.69, 9.17) is 0 Å². The lowest BCUT2D eigenvalue weighted by Crippen LogP contribution is -2.53. The summed E-state index contributed by atoms with van der Waals surface area (Å²) in [5.74, 6) is 0.424. The summed E-state index contributed by atoms with van der Waals surface area (Å²) in [6, 6.07) is 0.0458. The predicted octanol–water partition coefficient (Wildman–Crippen LogP) is 3.31. The molecule has 146 valence electrons. The van der Waals surface area contributed by atoms with Crippen molar-refractivity contribution in [2.45, 2.75) is 72.3 Å². The lowest BCUT2D eigenvalue weighted by atomic mass is 9.62. The van der Waals surface area contributed by atoms with E-state index in [-0.39, 0.29) is 28.8 Å². The Kier molecular flexibility index (Phi) is 6.62. The van der Waals surface area contributed by atoms with Crippen LogP contribution in [-0.2, 0) is 9.59 Å². The minimum Gasteiger partial charge on any atom is -0.335 e.